The van der Waals surface area contributed by atoms with Crippen molar-refractivity contribution in [3.05, 3.63) is 29.8 Å². The van der Waals surface area contributed by atoms with Crippen LogP contribution in [-0.2, 0) is 24.3 Å². The largest absolute Gasteiger partial charge is 0.454 e. The Bertz CT molecular complexity index is 784. The Labute approximate surface area is 160 Å². The molecule has 1 saturated heterocycles. The molecule has 1 aromatic carbocycles. The first kappa shape index (κ1) is 21.5. The van der Waals surface area contributed by atoms with E-state index < -0.39 is 21.4 Å². The van der Waals surface area contributed by atoms with E-state index in [1.165, 1.54) is 28.6 Å². The number of esters is 1. The lowest BCUT2D eigenvalue weighted by atomic mass is 9.91. The highest BCUT2D eigenvalue weighted by atomic mass is 32.2. The molecule has 150 valence electrons. The first-order valence-corrected chi connectivity index (χ1v) is 10.3. The standard InChI is InChI=1S/C19H27NO6S/c1-13-10-20(11-14(2)26-13)27(23,24)16-8-6-15(7-9-16)18(22)25-12-17(21)19(3,4)5/h6-9,13-14H,10-12H2,1-5H3/t13-,14-/m0/s1. The van der Waals surface area contributed by atoms with Crippen LogP contribution in [0.15, 0.2) is 29.2 Å². The van der Waals surface area contributed by atoms with Crippen LogP contribution in [0.2, 0.25) is 0 Å². The number of hydrogen-bond acceptors (Lipinski definition) is 6. The molecule has 2 rings (SSSR count). The molecule has 1 heterocycles. The third kappa shape index (κ3) is 5.37. The van der Waals surface area contributed by atoms with Crippen molar-refractivity contribution in [3.8, 4) is 0 Å². The highest BCUT2D eigenvalue weighted by molar-refractivity contribution is 7.89. The lowest BCUT2D eigenvalue weighted by molar-refractivity contribution is -0.129. The summed E-state index contributed by atoms with van der Waals surface area (Å²) in [5.74, 6) is -0.851. The van der Waals surface area contributed by atoms with Crippen LogP contribution in [0.5, 0.6) is 0 Å². The van der Waals surface area contributed by atoms with Crippen molar-refractivity contribution in [2.24, 2.45) is 5.41 Å². The number of benzene rings is 1. The summed E-state index contributed by atoms with van der Waals surface area (Å²) in [4.78, 5) is 24.0. The molecule has 8 heteroatoms. The average molecular weight is 397 g/mol. The number of hydrogen-bond donors (Lipinski definition) is 0. The van der Waals surface area contributed by atoms with Crippen molar-refractivity contribution in [1.29, 1.82) is 0 Å². The van der Waals surface area contributed by atoms with Crippen molar-refractivity contribution >= 4 is 21.8 Å². The van der Waals surface area contributed by atoms with Gasteiger partial charge in [-0.2, -0.15) is 4.31 Å². The van der Waals surface area contributed by atoms with Crippen LogP contribution in [0.25, 0.3) is 0 Å². The number of ether oxygens (including phenoxy) is 2. The van der Waals surface area contributed by atoms with Crippen molar-refractivity contribution in [2.75, 3.05) is 19.7 Å². The van der Waals surface area contributed by atoms with Crippen LogP contribution in [0.1, 0.15) is 45.0 Å². The van der Waals surface area contributed by atoms with Crippen molar-refractivity contribution in [2.45, 2.75) is 51.7 Å². The third-order valence-electron chi connectivity index (χ3n) is 4.28. The Morgan fingerprint density at radius 1 is 1.11 bits per heavy atom. The smallest absolute Gasteiger partial charge is 0.338 e. The number of sulfonamides is 1. The zero-order valence-electron chi connectivity index (χ0n) is 16.4. The van der Waals surface area contributed by atoms with Crippen LogP contribution < -0.4 is 0 Å². The number of rotatable bonds is 5. The number of carbonyl (C=O) groups excluding carboxylic acids is 2. The van der Waals surface area contributed by atoms with Crippen molar-refractivity contribution in [1.82, 2.24) is 4.31 Å². The van der Waals surface area contributed by atoms with Gasteiger partial charge in [-0.3, -0.25) is 4.79 Å². The lowest BCUT2D eigenvalue weighted by Crippen LogP contribution is -2.48. The number of carbonyl (C=O) groups is 2. The fraction of sp³-hybridized carbons (Fsp3) is 0.579. The predicted molar refractivity (Wildman–Crippen MR) is 100.0 cm³/mol. The molecule has 0 radical (unpaired) electrons. The zero-order chi connectivity index (χ0) is 20.4. The van der Waals surface area contributed by atoms with Gasteiger partial charge in [-0.1, -0.05) is 20.8 Å². The minimum atomic E-state index is -3.67. The Morgan fingerprint density at radius 2 is 1.63 bits per heavy atom. The van der Waals surface area contributed by atoms with E-state index >= 15 is 0 Å². The SMILES string of the molecule is C[C@H]1CN(S(=O)(=O)c2ccc(C(=O)OCC(=O)C(C)(C)C)cc2)C[C@H](C)O1. The fourth-order valence-electron chi connectivity index (χ4n) is 2.67. The maximum absolute atomic E-state index is 12.8. The van der Waals surface area contributed by atoms with Crippen LogP contribution in [0.4, 0.5) is 0 Å². The Balaban J connectivity index is 2.08. The van der Waals surface area contributed by atoms with E-state index in [1.54, 1.807) is 20.8 Å². The van der Waals surface area contributed by atoms with Gasteiger partial charge >= 0.3 is 5.97 Å². The van der Waals surface area contributed by atoms with E-state index in [-0.39, 0.29) is 48.1 Å². The molecule has 7 nitrogen and oxygen atoms in total. The molecule has 0 N–H and O–H groups in total. The van der Waals surface area contributed by atoms with E-state index in [4.69, 9.17) is 9.47 Å². The van der Waals surface area contributed by atoms with Crippen LogP contribution in [0, 0.1) is 5.41 Å². The molecule has 1 aliphatic rings. The summed E-state index contributed by atoms with van der Waals surface area (Å²) in [6, 6.07) is 5.54. The van der Waals surface area contributed by atoms with Gasteiger partial charge in [0.2, 0.25) is 10.0 Å². The summed E-state index contributed by atoms with van der Waals surface area (Å²) in [6.07, 6.45) is -0.365. The maximum Gasteiger partial charge on any atom is 0.338 e. The van der Waals surface area contributed by atoms with E-state index in [2.05, 4.69) is 0 Å². The predicted octanol–water partition coefficient (Wildman–Crippen LogP) is 2.26. The van der Waals surface area contributed by atoms with Gasteiger partial charge in [0.05, 0.1) is 22.7 Å². The second kappa shape index (κ2) is 8.08. The van der Waals surface area contributed by atoms with Crippen molar-refractivity contribution in [3.63, 3.8) is 0 Å². The van der Waals surface area contributed by atoms with Gasteiger partial charge in [0, 0.05) is 18.5 Å². The van der Waals surface area contributed by atoms with Gasteiger partial charge in [-0.25, -0.2) is 13.2 Å². The minimum Gasteiger partial charge on any atom is -0.454 e. The van der Waals surface area contributed by atoms with E-state index in [0.717, 1.165) is 0 Å². The Morgan fingerprint density at radius 3 is 2.11 bits per heavy atom. The fourth-order valence-corrected chi connectivity index (χ4v) is 4.26. The summed E-state index contributed by atoms with van der Waals surface area (Å²) < 4.78 is 37.6. The molecule has 0 unspecified atom stereocenters. The zero-order valence-corrected chi connectivity index (χ0v) is 17.2. The highest BCUT2D eigenvalue weighted by Crippen LogP contribution is 2.22. The molecule has 0 spiro atoms. The number of Topliss-reactive ketones (excluding diaryl/α,β-unsaturated/α-hetero) is 1. The minimum absolute atomic E-state index is 0.103. The summed E-state index contributed by atoms with van der Waals surface area (Å²) in [5.41, 5.74) is -0.399. The van der Waals surface area contributed by atoms with Gasteiger partial charge in [-0.15, -0.1) is 0 Å². The highest BCUT2D eigenvalue weighted by Gasteiger charge is 2.32. The van der Waals surface area contributed by atoms with Gasteiger partial charge in [0.25, 0.3) is 0 Å². The molecule has 0 saturated carbocycles. The summed E-state index contributed by atoms with van der Waals surface area (Å²) in [7, 11) is -3.67. The molecule has 1 fully saturated rings. The molecule has 0 amide bonds. The summed E-state index contributed by atoms with van der Waals surface area (Å²) >= 11 is 0. The van der Waals surface area contributed by atoms with Gasteiger partial charge in [-0.05, 0) is 38.1 Å². The molecule has 0 bridgehead atoms. The topological polar surface area (TPSA) is 90.0 Å². The first-order chi connectivity index (χ1) is 12.4. The van der Waals surface area contributed by atoms with Gasteiger partial charge < -0.3 is 9.47 Å². The monoisotopic (exact) mass is 397 g/mol. The average Bonchev–Trinajstić information content (AvgIpc) is 2.57. The second-order valence-electron chi connectivity index (χ2n) is 7.85. The molecule has 0 aromatic heterocycles. The van der Waals surface area contributed by atoms with E-state index in [9.17, 15) is 18.0 Å². The maximum atomic E-state index is 12.8. The van der Waals surface area contributed by atoms with Crippen LogP contribution in [-0.4, -0.2) is 56.4 Å². The molecule has 1 aromatic rings. The molecule has 0 aliphatic carbocycles. The lowest BCUT2D eigenvalue weighted by Gasteiger charge is -2.34. The molecule has 1 aliphatic heterocycles. The number of nitrogens with zero attached hydrogens (tertiary/aromatic N) is 1. The normalized spacial score (nSPS) is 21.7. The Hall–Kier alpha value is -1.77. The second-order valence-corrected chi connectivity index (χ2v) is 9.79. The third-order valence-corrected chi connectivity index (χ3v) is 6.13. The van der Waals surface area contributed by atoms with Crippen molar-refractivity contribution < 1.29 is 27.5 Å². The van der Waals surface area contributed by atoms with Crippen LogP contribution in [0.3, 0.4) is 0 Å². The Kier molecular flexibility index (Phi) is 6.44. The van der Waals surface area contributed by atoms with E-state index in [0.29, 0.717) is 0 Å². The van der Waals surface area contributed by atoms with Gasteiger partial charge in [0.15, 0.2) is 12.4 Å². The summed E-state index contributed by atoms with van der Waals surface area (Å²) in [6.45, 7) is 9.15. The first-order valence-electron chi connectivity index (χ1n) is 8.87. The van der Waals surface area contributed by atoms with Gasteiger partial charge in [0.1, 0.15) is 0 Å². The summed E-state index contributed by atoms with van der Waals surface area (Å²) in [5, 5.41) is 0. The molecular weight excluding hydrogens is 370 g/mol. The molecule has 2 atom stereocenters. The number of ketones is 1. The quantitative estimate of drug-likeness (QED) is 0.708. The van der Waals surface area contributed by atoms with E-state index in [1.807, 2.05) is 13.8 Å². The molecular formula is C19H27NO6S. The number of morpholine rings is 1. The molecule has 27 heavy (non-hydrogen) atoms. The van der Waals surface area contributed by atoms with Crippen LogP contribution >= 0.6 is 0 Å².